The second kappa shape index (κ2) is 7.52. The summed E-state index contributed by atoms with van der Waals surface area (Å²) in [4.78, 5) is 17.4. The molecule has 4 aromatic rings. The first-order valence-electron chi connectivity index (χ1n) is 8.91. The maximum Gasteiger partial charge on any atom is 0.177 e. The average Bonchev–Trinajstić information content (AvgIpc) is 2.74. The van der Waals surface area contributed by atoms with E-state index < -0.39 is 9.84 Å². The molecule has 144 valence electrons. The second-order valence-corrected chi connectivity index (χ2v) is 8.70. The zero-order valence-corrected chi connectivity index (χ0v) is 16.8. The Hall–Kier alpha value is -3.45. The van der Waals surface area contributed by atoms with Gasteiger partial charge >= 0.3 is 0 Å². The van der Waals surface area contributed by atoms with Gasteiger partial charge < -0.3 is 0 Å². The van der Waals surface area contributed by atoms with E-state index in [1.807, 2.05) is 31.2 Å². The number of nitrogens with zero attached hydrogens (tertiary/aromatic N) is 4. The van der Waals surface area contributed by atoms with Crippen LogP contribution in [0.25, 0.3) is 33.6 Å². The number of aromatic nitrogens is 4. The molecule has 0 fully saturated rings. The maximum atomic E-state index is 12.5. The fraction of sp³-hybridized carbons (Fsp3) is 0.0909. The summed E-state index contributed by atoms with van der Waals surface area (Å²) in [6.07, 6.45) is 11.3. The molecule has 0 radical (unpaired) electrons. The molecule has 4 aromatic heterocycles. The van der Waals surface area contributed by atoms with Crippen LogP contribution in [0.1, 0.15) is 5.56 Å². The van der Waals surface area contributed by atoms with Crippen LogP contribution in [-0.2, 0) is 9.84 Å². The largest absolute Gasteiger partial charge is 0.264 e. The monoisotopic (exact) mass is 402 g/mol. The molecule has 6 nitrogen and oxygen atoms in total. The van der Waals surface area contributed by atoms with Crippen molar-refractivity contribution < 1.29 is 8.42 Å². The molecule has 0 aliphatic carbocycles. The summed E-state index contributed by atoms with van der Waals surface area (Å²) in [7, 11) is -3.51. The first-order chi connectivity index (χ1) is 13.9. The quantitative estimate of drug-likeness (QED) is 0.513. The van der Waals surface area contributed by atoms with Gasteiger partial charge in [-0.2, -0.15) is 0 Å². The van der Waals surface area contributed by atoms with Gasteiger partial charge in [0.15, 0.2) is 9.84 Å². The predicted molar refractivity (Wildman–Crippen MR) is 112 cm³/mol. The van der Waals surface area contributed by atoms with Gasteiger partial charge in [-0.15, -0.1) is 0 Å². The van der Waals surface area contributed by atoms with Crippen LogP contribution in [-0.4, -0.2) is 34.6 Å². The van der Waals surface area contributed by atoms with Crippen LogP contribution in [0.2, 0.25) is 0 Å². The normalized spacial score (nSPS) is 11.4. The van der Waals surface area contributed by atoms with Crippen molar-refractivity contribution in [3.05, 3.63) is 79.1 Å². The molecule has 0 atom stereocenters. The van der Waals surface area contributed by atoms with Crippen LogP contribution < -0.4 is 0 Å². The lowest BCUT2D eigenvalue weighted by molar-refractivity contribution is 0.602. The van der Waals surface area contributed by atoms with E-state index in [4.69, 9.17) is 0 Å². The van der Waals surface area contributed by atoms with E-state index in [1.165, 1.54) is 6.26 Å². The van der Waals surface area contributed by atoms with Gasteiger partial charge in [0.2, 0.25) is 0 Å². The van der Waals surface area contributed by atoms with Crippen molar-refractivity contribution in [2.24, 2.45) is 0 Å². The van der Waals surface area contributed by atoms with Gasteiger partial charge in [0.1, 0.15) is 0 Å². The Kier molecular flexibility index (Phi) is 4.90. The molecule has 0 aliphatic heterocycles. The van der Waals surface area contributed by atoms with E-state index in [0.29, 0.717) is 16.8 Å². The van der Waals surface area contributed by atoms with E-state index in [0.717, 1.165) is 22.4 Å². The van der Waals surface area contributed by atoms with Gasteiger partial charge in [0.05, 0.1) is 16.3 Å². The third-order valence-electron chi connectivity index (χ3n) is 4.53. The highest BCUT2D eigenvalue weighted by molar-refractivity contribution is 7.90. The van der Waals surface area contributed by atoms with E-state index in [-0.39, 0.29) is 4.90 Å². The van der Waals surface area contributed by atoms with Gasteiger partial charge in [-0.25, -0.2) is 8.42 Å². The van der Waals surface area contributed by atoms with Crippen molar-refractivity contribution in [3.63, 3.8) is 0 Å². The highest BCUT2D eigenvalue weighted by Gasteiger charge is 2.19. The molecule has 7 heteroatoms. The van der Waals surface area contributed by atoms with Crippen molar-refractivity contribution in [2.75, 3.05) is 6.26 Å². The summed E-state index contributed by atoms with van der Waals surface area (Å²) in [5.74, 6) is 0. The minimum atomic E-state index is -3.51. The summed E-state index contributed by atoms with van der Waals surface area (Å²) >= 11 is 0. The Balaban J connectivity index is 1.84. The van der Waals surface area contributed by atoms with Crippen LogP contribution in [0.3, 0.4) is 0 Å². The topological polar surface area (TPSA) is 85.7 Å². The van der Waals surface area contributed by atoms with Crippen LogP contribution in [0.15, 0.2) is 78.5 Å². The van der Waals surface area contributed by atoms with Crippen LogP contribution >= 0.6 is 0 Å². The lowest BCUT2D eigenvalue weighted by Crippen LogP contribution is -2.03. The molecular formula is C22H18N4O2S. The van der Waals surface area contributed by atoms with E-state index in [1.54, 1.807) is 49.3 Å². The van der Waals surface area contributed by atoms with E-state index in [9.17, 15) is 8.42 Å². The third kappa shape index (κ3) is 3.90. The Labute approximate surface area is 169 Å². The molecule has 0 bridgehead atoms. The van der Waals surface area contributed by atoms with E-state index >= 15 is 0 Å². The SMILES string of the molecule is Cc1cc(-c2ncc(-c3cccnc3)cc2S(C)(=O)=O)cnc1-c1cccnc1. The number of pyridine rings is 4. The van der Waals surface area contributed by atoms with Crippen molar-refractivity contribution in [1.29, 1.82) is 0 Å². The minimum Gasteiger partial charge on any atom is -0.264 e. The van der Waals surface area contributed by atoms with Crippen LogP contribution in [0.4, 0.5) is 0 Å². The summed E-state index contributed by atoms with van der Waals surface area (Å²) in [6.45, 7) is 1.93. The molecule has 0 saturated heterocycles. The Bertz CT molecular complexity index is 1270. The molecule has 29 heavy (non-hydrogen) atoms. The summed E-state index contributed by atoms with van der Waals surface area (Å²) in [6, 6.07) is 11.0. The van der Waals surface area contributed by atoms with Crippen LogP contribution in [0, 0.1) is 6.92 Å². The smallest absolute Gasteiger partial charge is 0.177 e. The lowest BCUT2D eigenvalue weighted by Gasteiger charge is -2.12. The molecule has 0 unspecified atom stereocenters. The molecule has 0 amide bonds. The van der Waals surface area contributed by atoms with E-state index in [2.05, 4.69) is 19.9 Å². The molecule has 0 N–H and O–H groups in total. The molecular weight excluding hydrogens is 384 g/mol. The first-order valence-corrected chi connectivity index (χ1v) is 10.8. The molecule has 4 heterocycles. The van der Waals surface area contributed by atoms with Crippen molar-refractivity contribution in [2.45, 2.75) is 11.8 Å². The molecule has 0 aromatic carbocycles. The maximum absolute atomic E-state index is 12.5. The Morgan fingerprint density at radius 3 is 1.93 bits per heavy atom. The third-order valence-corrected chi connectivity index (χ3v) is 5.64. The number of hydrogen-bond donors (Lipinski definition) is 0. The highest BCUT2D eigenvalue weighted by atomic mass is 32.2. The zero-order chi connectivity index (χ0) is 20.4. The van der Waals surface area contributed by atoms with Crippen LogP contribution in [0.5, 0.6) is 0 Å². The zero-order valence-electron chi connectivity index (χ0n) is 15.9. The number of rotatable bonds is 4. The van der Waals surface area contributed by atoms with Gasteiger partial charge in [-0.1, -0.05) is 6.07 Å². The summed E-state index contributed by atoms with van der Waals surface area (Å²) < 4.78 is 25.0. The predicted octanol–water partition coefficient (Wildman–Crippen LogP) is 3.98. The number of hydrogen-bond acceptors (Lipinski definition) is 6. The minimum absolute atomic E-state index is 0.161. The fourth-order valence-electron chi connectivity index (χ4n) is 3.14. The van der Waals surface area contributed by atoms with Gasteiger partial charge in [-0.05, 0) is 42.8 Å². The summed E-state index contributed by atoms with van der Waals surface area (Å²) in [5, 5.41) is 0. The Morgan fingerprint density at radius 2 is 1.34 bits per heavy atom. The van der Waals surface area contributed by atoms with Gasteiger partial charge in [0, 0.05) is 65.7 Å². The molecule has 4 rings (SSSR count). The molecule has 0 saturated carbocycles. The van der Waals surface area contributed by atoms with Crippen molar-refractivity contribution in [1.82, 2.24) is 19.9 Å². The standard InChI is InChI=1S/C22H18N4O2S/c1-15-9-19(14-25-21(15)17-6-4-8-24-12-17)22-20(29(2,27)28)10-18(13-26-22)16-5-3-7-23-11-16/h3-14H,1-2H3. The summed E-state index contributed by atoms with van der Waals surface area (Å²) in [5.41, 5.74) is 5.14. The second-order valence-electron chi connectivity index (χ2n) is 6.72. The van der Waals surface area contributed by atoms with Crippen molar-refractivity contribution >= 4 is 9.84 Å². The van der Waals surface area contributed by atoms with Crippen molar-refractivity contribution in [3.8, 4) is 33.6 Å². The first kappa shape index (κ1) is 18.9. The molecule has 0 spiro atoms. The lowest BCUT2D eigenvalue weighted by atomic mass is 10.0. The van der Waals surface area contributed by atoms with Gasteiger partial charge in [-0.3, -0.25) is 19.9 Å². The number of sulfone groups is 1. The highest BCUT2D eigenvalue weighted by Crippen LogP contribution is 2.31. The Morgan fingerprint density at radius 1 is 0.724 bits per heavy atom. The fourth-order valence-corrected chi connectivity index (χ4v) is 4.01. The average molecular weight is 402 g/mol. The number of aryl methyl sites for hydroxylation is 1. The molecule has 0 aliphatic rings. The van der Waals surface area contributed by atoms with Gasteiger partial charge in [0.25, 0.3) is 0 Å².